The summed E-state index contributed by atoms with van der Waals surface area (Å²) in [6.45, 7) is 5.72. The molecule has 3 nitrogen and oxygen atoms in total. The fourth-order valence-electron chi connectivity index (χ4n) is 1.48. The van der Waals surface area contributed by atoms with Crippen LogP contribution in [0.3, 0.4) is 0 Å². The fourth-order valence-corrected chi connectivity index (χ4v) is 2.53. The fraction of sp³-hybridized carbons (Fsp3) is 0.500. The van der Waals surface area contributed by atoms with Gasteiger partial charge in [-0.15, -0.1) is 0 Å². The second kappa shape index (κ2) is 6.25. The molecule has 3 N–H and O–H groups in total. The van der Waals surface area contributed by atoms with Crippen molar-refractivity contribution in [2.45, 2.75) is 38.0 Å². The van der Waals surface area contributed by atoms with E-state index in [0.29, 0.717) is 0 Å². The summed E-state index contributed by atoms with van der Waals surface area (Å²) in [4.78, 5) is 10.8. The number of thioether (sulfide) groups is 1. The predicted octanol–water partition coefficient (Wildman–Crippen LogP) is 2.85. The third-order valence-electron chi connectivity index (χ3n) is 2.59. The molecule has 1 aromatic carbocycles. The van der Waals surface area contributed by atoms with Crippen molar-refractivity contribution in [3.63, 3.8) is 0 Å². The molecule has 100 valence electrons. The molecule has 1 rings (SSSR count). The molecule has 0 bridgehead atoms. The lowest BCUT2D eigenvalue weighted by Crippen LogP contribution is -2.34. The predicted molar refractivity (Wildman–Crippen MR) is 76.9 cm³/mol. The average Bonchev–Trinajstić information content (AvgIpc) is 2.27. The number of carboxylic acids is 1. The van der Waals surface area contributed by atoms with Gasteiger partial charge in [0, 0.05) is 17.0 Å². The highest BCUT2D eigenvalue weighted by atomic mass is 32.2. The van der Waals surface area contributed by atoms with Crippen LogP contribution in [0.5, 0.6) is 0 Å². The van der Waals surface area contributed by atoms with Crippen LogP contribution in [0.4, 0.5) is 0 Å². The van der Waals surface area contributed by atoms with Crippen LogP contribution < -0.4 is 5.73 Å². The standard InChI is InChI=1S/C14H21NO2S/c1-10(13(16)17)12-6-4-11(5-7-12)8-18-9-14(2,3)15/h4-7,10H,8-9,15H2,1-3H3,(H,16,17). The molecule has 0 heterocycles. The van der Waals surface area contributed by atoms with Crippen molar-refractivity contribution in [1.29, 1.82) is 0 Å². The molecule has 18 heavy (non-hydrogen) atoms. The Morgan fingerprint density at radius 2 is 1.94 bits per heavy atom. The van der Waals surface area contributed by atoms with E-state index >= 15 is 0 Å². The monoisotopic (exact) mass is 267 g/mol. The van der Waals surface area contributed by atoms with Crippen molar-refractivity contribution >= 4 is 17.7 Å². The first kappa shape index (κ1) is 15.1. The second-order valence-corrected chi connectivity index (χ2v) is 6.27. The quantitative estimate of drug-likeness (QED) is 0.832. The maximum atomic E-state index is 10.8. The number of carbonyl (C=O) groups is 1. The van der Waals surface area contributed by atoms with E-state index in [1.54, 1.807) is 18.7 Å². The first-order chi connectivity index (χ1) is 8.29. The molecule has 0 amide bonds. The molecule has 1 aromatic rings. The summed E-state index contributed by atoms with van der Waals surface area (Å²) in [7, 11) is 0. The highest BCUT2D eigenvalue weighted by Gasteiger charge is 2.13. The normalized spacial score (nSPS) is 13.3. The Balaban J connectivity index is 2.53. The van der Waals surface area contributed by atoms with E-state index < -0.39 is 11.9 Å². The highest BCUT2D eigenvalue weighted by Crippen LogP contribution is 2.20. The zero-order valence-corrected chi connectivity index (χ0v) is 12.0. The summed E-state index contributed by atoms with van der Waals surface area (Å²) < 4.78 is 0. The van der Waals surface area contributed by atoms with E-state index in [2.05, 4.69) is 0 Å². The summed E-state index contributed by atoms with van der Waals surface area (Å²) in [5.74, 6) is 0.569. The Morgan fingerprint density at radius 1 is 1.39 bits per heavy atom. The molecule has 0 spiro atoms. The van der Waals surface area contributed by atoms with Crippen LogP contribution >= 0.6 is 11.8 Å². The third-order valence-corrected chi connectivity index (χ3v) is 4.08. The van der Waals surface area contributed by atoms with E-state index in [4.69, 9.17) is 10.8 Å². The molecule has 4 heteroatoms. The van der Waals surface area contributed by atoms with E-state index in [1.165, 1.54) is 5.56 Å². The number of benzene rings is 1. The van der Waals surface area contributed by atoms with Gasteiger partial charge in [0.05, 0.1) is 5.92 Å². The van der Waals surface area contributed by atoms with Crippen LogP contribution in [0.1, 0.15) is 37.8 Å². The summed E-state index contributed by atoms with van der Waals surface area (Å²) in [6, 6.07) is 7.76. The molecule has 0 saturated heterocycles. The Hall–Kier alpha value is -1.00. The smallest absolute Gasteiger partial charge is 0.310 e. The minimum atomic E-state index is -0.790. The van der Waals surface area contributed by atoms with Crippen LogP contribution in [-0.4, -0.2) is 22.4 Å². The van der Waals surface area contributed by atoms with Gasteiger partial charge >= 0.3 is 5.97 Å². The number of hydrogen-bond donors (Lipinski definition) is 2. The summed E-state index contributed by atoms with van der Waals surface area (Å²) in [5, 5.41) is 8.92. The molecule has 0 aliphatic heterocycles. The number of nitrogens with two attached hydrogens (primary N) is 1. The van der Waals surface area contributed by atoms with Crippen molar-refractivity contribution in [3.8, 4) is 0 Å². The van der Waals surface area contributed by atoms with E-state index in [-0.39, 0.29) is 5.54 Å². The Bertz CT molecular complexity index is 395. The van der Waals surface area contributed by atoms with Crippen molar-refractivity contribution in [2.24, 2.45) is 5.73 Å². The highest BCUT2D eigenvalue weighted by molar-refractivity contribution is 7.98. The minimum absolute atomic E-state index is 0.150. The van der Waals surface area contributed by atoms with Gasteiger partial charge in [0.2, 0.25) is 0 Å². The van der Waals surface area contributed by atoms with Gasteiger partial charge in [-0.2, -0.15) is 11.8 Å². The molecule has 1 unspecified atom stereocenters. The van der Waals surface area contributed by atoms with Crippen LogP contribution in [0.2, 0.25) is 0 Å². The lowest BCUT2D eigenvalue weighted by Gasteiger charge is -2.17. The lowest BCUT2D eigenvalue weighted by molar-refractivity contribution is -0.138. The van der Waals surface area contributed by atoms with Crippen LogP contribution in [0, 0.1) is 0 Å². The second-order valence-electron chi connectivity index (χ2n) is 5.28. The number of hydrogen-bond acceptors (Lipinski definition) is 3. The number of rotatable bonds is 6. The molecule has 0 radical (unpaired) electrons. The third kappa shape index (κ3) is 5.10. The van der Waals surface area contributed by atoms with Gasteiger partial charge in [-0.1, -0.05) is 24.3 Å². The molecule has 0 aliphatic carbocycles. The maximum Gasteiger partial charge on any atom is 0.310 e. The lowest BCUT2D eigenvalue weighted by atomic mass is 10.0. The van der Waals surface area contributed by atoms with E-state index in [9.17, 15) is 4.79 Å². The summed E-state index contributed by atoms with van der Waals surface area (Å²) >= 11 is 1.79. The van der Waals surface area contributed by atoms with Gasteiger partial charge in [0.15, 0.2) is 0 Å². The molecule has 0 aromatic heterocycles. The zero-order chi connectivity index (χ0) is 13.8. The van der Waals surface area contributed by atoms with Gasteiger partial charge in [0.25, 0.3) is 0 Å². The van der Waals surface area contributed by atoms with Crippen molar-refractivity contribution in [1.82, 2.24) is 0 Å². The Morgan fingerprint density at radius 3 is 2.39 bits per heavy atom. The average molecular weight is 267 g/mol. The van der Waals surface area contributed by atoms with Crippen molar-refractivity contribution < 1.29 is 9.90 Å². The largest absolute Gasteiger partial charge is 0.481 e. The van der Waals surface area contributed by atoms with Gasteiger partial charge in [-0.3, -0.25) is 4.79 Å². The maximum absolute atomic E-state index is 10.8. The zero-order valence-electron chi connectivity index (χ0n) is 11.1. The van der Waals surface area contributed by atoms with Gasteiger partial charge in [0.1, 0.15) is 0 Å². The Labute approximate surface area is 113 Å². The topological polar surface area (TPSA) is 63.3 Å². The van der Waals surface area contributed by atoms with Crippen molar-refractivity contribution in [3.05, 3.63) is 35.4 Å². The molecule has 1 atom stereocenters. The van der Waals surface area contributed by atoms with Crippen molar-refractivity contribution in [2.75, 3.05) is 5.75 Å². The SMILES string of the molecule is CC(C(=O)O)c1ccc(CSCC(C)(C)N)cc1. The number of carboxylic acid groups (broad SMARTS) is 1. The molecule has 0 aliphatic rings. The minimum Gasteiger partial charge on any atom is -0.481 e. The van der Waals surface area contributed by atoms with Crippen LogP contribution in [0.15, 0.2) is 24.3 Å². The molecular formula is C14H21NO2S. The van der Waals surface area contributed by atoms with E-state index in [0.717, 1.165) is 17.1 Å². The summed E-state index contributed by atoms with van der Waals surface area (Å²) in [5.41, 5.74) is 7.80. The molecular weight excluding hydrogens is 246 g/mol. The Kier molecular flexibility index (Phi) is 5.23. The first-order valence-electron chi connectivity index (χ1n) is 5.98. The van der Waals surface area contributed by atoms with Gasteiger partial charge < -0.3 is 10.8 Å². The van der Waals surface area contributed by atoms with Crippen LogP contribution in [-0.2, 0) is 10.5 Å². The van der Waals surface area contributed by atoms with Crippen LogP contribution in [0.25, 0.3) is 0 Å². The van der Waals surface area contributed by atoms with Gasteiger partial charge in [-0.25, -0.2) is 0 Å². The van der Waals surface area contributed by atoms with Gasteiger partial charge in [-0.05, 0) is 31.9 Å². The molecule has 0 fully saturated rings. The molecule has 0 saturated carbocycles. The van der Waals surface area contributed by atoms with E-state index in [1.807, 2.05) is 38.1 Å². The first-order valence-corrected chi connectivity index (χ1v) is 7.13. The number of aliphatic carboxylic acids is 1. The summed E-state index contributed by atoms with van der Waals surface area (Å²) in [6.07, 6.45) is 0.